The molecule has 3 rings (SSSR count). The average Bonchev–Trinajstić information content (AvgIpc) is 2.81. The summed E-state index contributed by atoms with van der Waals surface area (Å²) in [6, 6.07) is 18.7. The van der Waals surface area contributed by atoms with Crippen LogP contribution in [0.15, 0.2) is 65.1 Å². The van der Waals surface area contributed by atoms with Gasteiger partial charge in [-0.25, -0.2) is 0 Å². The third-order valence-electron chi connectivity index (χ3n) is 4.67. The summed E-state index contributed by atoms with van der Waals surface area (Å²) < 4.78 is 28.0. The van der Waals surface area contributed by atoms with Crippen molar-refractivity contribution in [3.8, 4) is 23.0 Å². The highest BCUT2D eigenvalue weighted by Gasteiger charge is 2.23. The predicted molar refractivity (Wildman–Crippen MR) is 121 cm³/mol. The van der Waals surface area contributed by atoms with Crippen LogP contribution in [0.4, 0.5) is 0 Å². The van der Waals surface area contributed by atoms with Crippen molar-refractivity contribution in [3.63, 3.8) is 0 Å². The van der Waals surface area contributed by atoms with Crippen molar-refractivity contribution in [3.05, 3.63) is 81.8 Å². The molecule has 164 valence electrons. The number of hydrogen-bond donors (Lipinski definition) is 1. The molecule has 7 heteroatoms. The van der Waals surface area contributed by atoms with Crippen LogP contribution in [0.5, 0.6) is 23.0 Å². The average molecular weight is 489 g/mol. The van der Waals surface area contributed by atoms with Crippen molar-refractivity contribution in [2.45, 2.75) is 12.7 Å². The maximum atomic E-state index is 11.2. The second-order valence-electron chi connectivity index (χ2n) is 6.63. The fourth-order valence-corrected chi connectivity index (χ4v) is 3.76. The van der Waals surface area contributed by atoms with Crippen LogP contribution >= 0.6 is 15.9 Å². The number of methoxy groups -OCH3 is 3. The molecule has 3 aromatic carbocycles. The molecule has 3 aromatic rings. The highest BCUT2D eigenvalue weighted by atomic mass is 79.9. The molecule has 0 aliphatic rings. The van der Waals surface area contributed by atoms with E-state index in [1.165, 1.54) is 7.11 Å². The van der Waals surface area contributed by atoms with Gasteiger partial charge in [0.25, 0.3) is 0 Å². The van der Waals surface area contributed by atoms with E-state index < -0.39 is 6.10 Å². The molecule has 0 fully saturated rings. The summed E-state index contributed by atoms with van der Waals surface area (Å²) >= 11 is 3.53. The van der Waals surface area contributed by atoms with Crippen LogP contribution in [0.25, 0.3) is 0 Å². The van der Waals surface area contributed by atoms with Gasteiger partial charge in [0.05, 0.1) is 18.7 Å². The molecule has 0 saturated heterocycles. The van der Waals surface area contributed by atoms with Crippen molar-refractivity contribution < 1.29 is 28.8 Å². The van der Waals surface area contributed by atoms with E-state index in [1.54, 1.807) is 38.5 Å². The molecule has 0 heterocycles. The maximum absolute atomic E-state index is 11.2. The fourth-order valence-electron chi connectivity index (χ4n) is 3.10. The first kappa shape index (κ1) is 22.9. The van der Waals surface area contributed by atoms with E-state index in [0.29, 0.717) is 45.2 Å². The molecule has 31 heavy (non-hydrogen) atoms. The van der Waals surface area contributed by atoms with Gasteiger partial charge in [-0.1, -0.05) is 36.4 Å². The van der Waals surface area contributed by atoms with Crippen LogP contribution in [-0.4, -0.2) is 33.2 Å². The van der Waals surface area contributed by atoms with Crippen LogP contribution in [0.2, 0.25) is 0 Å². The molecule has 1 N–H and O–H groups in total. The van der Waals surface area contributed by atoms with Crippen LogP contribution < -0.4 is 18.9 Å². The monoisotopic (exact) mass is 488 g/mol. The third kappa shape index (κ3) is 5.50. The van der Waals surface area contributed by atoms with E-state index in [4.69, 9.17) is 23.7 Å². The smallest absolute Gasteiger partial charge is 0.188 e. The zero-order valence-electron chi connectivity index (χ0n) is 17.6. The SMILES string of the molecule is COCOc1c(OC)ccc(C(O)c2cc(OCc3ccccc3)ccc2OC)c1Br. The predicted octanol–water partition coefficient (Wildman–Crippen LogP) is 5.11. The standard InChI is InChI=1S/C24H25BrO6/c1-27-15-31-24-21(29-3)12-10-18(22(24)25)23(26)19-13-17(9-11-20(19)28-2)30-14-16-7-5-4-6-8-16/h4-13,23,26H,14-15H2,1-3H3. The Balaban J connectivity index is 1.91. The van der Waals surface area contributed by atoms with Crippen LogP contribution in [0.1, 0.15) is 22.8 Å². The number of hydrogen-bond acceptors (Lipinski definition) is 6. The minimum Gasteiger partial charge on any atom is -0.496 e. The highest BCUT2D eigenvalue weighted by Crippen LogP contribution is 2.43. The molecule has 0 aromatic heterocycles. The van der Waals surface area contributed by atoms with Gasteiger partial charge in [0, 0.05) is 18.2 Å². The first-order valence-corrected chi connectivity index (χ1v) is 10.4. The number of aliphatic hydroxyl groups is 1. The Morgan fingerprint density at radius 1 is 0.839 bits per heavy atom. The number of aliphatic hydroxyl groups excluding tert-OH is 1. The van der Waals surface area contributed by atoms with Gasteiger partial charge in [-0.3, -0.25) is 0 Å². The van der Waals surface area contributed by atoms with E-state index >= 15 is 0 Å². The first-order chi connectivity index (χ1) is 15.1. The van der Waals surface area contributed by atoms with Gasteiger partial charge in [0.15, 0.2) is 18.3 Å². The van der Waals surface area contributed by atoms with Crippen LogP contribution in [0.3, 0.4) is 0 Å². The lowest BCUT2D eigenvalue weighted by Gasteiger charge is -2.20. The lowest BCUT2D eigenvalue weighted by atomic mass is 9.99. The fraction of sp³-hybridized carbons (Fsp3) is 0.250. The Morgan fingerprint density at radius 2 is 1.55 bits per heavy atom. The minimum absolute atomic E-state index is 0.0423. The molecule has 0 amide bonds. The second-order valence-corrected chi connectivity index (χ2v) is 7.42. The topological polar surface area (TPSA) is 66.4 Å². The van der Waals surface area contributed by atoms with Crippen molar-refractivity contribution in [1.82, 2.24) is 0 Å². The number of ether oxygens (including phenoxy) is 5. The molecular weight excluding hydrogens is 464 g/mol. The molecule has 0 aliphatic carbocycles. The van der Waals surface area contributed by atoms with Gasteiger partial charge in [0.1, 0.15) is 24.2 Å². The maximum Gasteiger partial charge on any atom is 0.188 e. The molecular formula is C24H25BrO6. The summed E-state index contributed by atoms with van der Waals surface area (Å²) in [7, 11) is 4.64. The Labute approximate surface area is 190 Å². The zero-order valence-corrected chi connectivity index (χ0v) is 19.2. The van der Waals surface area contributed by atoms with E-state index in [1.807, 2.05) is 36.4 Å². The summed E-state index contributed by atoms with van der Waals surface area (Å²) in [5, 5.41) is 11.2. The number of rotatable bonds is 10. The quantitative estimate of drug-likeness (QED) is 0.400. The van der Waals surface area contributed by atoms with E-state index in [0.717, 1.165) is 5.56 Å². The van der Waals surface area contributed by atoms with Gasteiger partial charge >= 0.3 is 0 Å². The lowest BCUT2D eigenvalue weighted by molar-refractivity contribution is 0.0483. The van der Waals surface area contributed by atoms with Gasteiger partial charge in [0.2, 0.25) is 0 Å². The normalized spacial score (nSPS) is 11.6. The van der Waals surface area contributed by atoms with Crippen LogP contribution in [0, 0.1) is 0 Å². The first-order valence-electron chi connectivity index (χ1n) is 9.59. The number of halogens is 1. The molecule has 0 aliphatic heterocycles. The van der Waals surface area contributed by atoms with Gasteiger partial charge < -0.3 is 28.8 Å². The Hall–Kier alpha value is -2.74. The van der Waals surface area contributed by atoms with Crippen molar-refractivity contribution in [2.75, 3.05) is 28.1 Å². The van der Waals surface area contributed by atoms with Gasteiger partial charge in [-0.15, -0.1) is 0 Å². The number of benzene rings is 3. The second kappa shape index (κ2) is 11.0. The summed E-state index contributed by atoms with van der Waals surface area (Å²) in [5.74, 6) is 2.13. The lowest BCUT2D eigenvalue weighted by Crippen LogP contribution is -2.07. The highest BCUT2D eigenvalue weighted by molar-refractivity contribution is 9.10. The van der Waals surface area contributed by atoms with Crippen LogP contribution in [-0.2, 0) is 11.3 Å². The summed E-state index contributed by atoms with van der Waals surface area (Å²) in [5.41, 5.74) is 2.21. The molecule has 1 unspecified atom stereocenters. The largest absolute Gasteiger partial charge is 0.496 e. The van der Waals surface area contributed by atoms with E-state index in [-0.39, 0.29) is 6.79 Å². The molecule has 6 nitrogen and oxygen atoms in total. The minimum atomic E-state index is -1.000. The zero-order chi connectivity index (χ0) is 22.2. The summed E-state index contributed by atoms with van der Waals surface area (Å²) in [6.45, 7) is 0.463. The van der Waals surface area contributed by atoms with E-state index in [9.17, 15) is 5.11 Å². The third-order valence-corrected chi connectivity index (χ3v) is 5.49. The van der Waals surface area contributed by atoms with Crippen molar-refractivity contribution in [2.24, 2.45) is 0 Å². The Kier molecular flexibility index (Phi) is 8.17. The van der Waals surface area contributed by atoms with Crippen molar-refractivity contribution >= 4 is 15.9 Å². The summed E-state index contributed by atoms with van der Waals surface area (Å²) in [4.78, 5) is 0. The van der Waals surface area contributed by atoms with Crippen molar-refractivity contribution in [1.29, 1.82) is 0 Å². The molecule has 0 radical (unpaired) electrons. The molecule has 0 saturated carbocycles. The van der Waals surface area contributed by atoms with Gasteiger partial charge in [-0.2, -0.15) is 0 Å². The molecule has 1 atom stereocenters. The Morgan fingerprint density at radius 3 is 2.23 bits per heavy atom. The molecule has 0 spiro atoms. The Bertz CT molecular complexity index is 993. The van der Waals surface area contributed by atoms with Gasteiger partial charge in [-0.05, 0) is 45.8 Å². The molecule has 0 bridgehead atoms. The summed E-state index contributed by atoms with van der Waals surface area (Å²) in [6.07, 6.45) is -1.000. The van der Waals surface area contributed by atoms with E-state index in [2.05, 4.69) is 15.9 Å².